The molecule has 0 aromatic rings. The molecule has 3 aliphatic heterocycles. The van der Waals surface area contributed by atoms with Crippen LogP contribution in [0.4, 0.5) is 0 Å². The molecule has 0 aromatic carbocycles. The lowest BCUT2D eigenvalue weighted by Crippen LogP contribution is -2.31. The number of fused-ring (bicyclic) bond motifs is 3. The molecule has 0 radical (unpaired) electrons. The lowest BCUT2D eigenvalue weighted by molar-refractivity contribution is -0.148. The van der Waals surface area contributed by atoms with E-state index in [1.807, 2.05) is 6.08 Å². The van der Waals surface area contributed by atoms with E-state index in [2.05, 4.69) is 38.7 Å². The van der Waals surface area contributed by atoms with Crippen LogP contribution in [0.3, 0.4) is 0 Å². The zero-order valence-electron chi connectivity index (χ0n) is 22.3. The maximum atomic E-state index is 12.7. The van der Waals surface area contributed by atoms with Gasteiger partial charge in [-0.3, -0.25) is 0 Å². The first-order valence-corrected chi connectivity index (χ1v) is 13.9. The Balaban J connectivity index is 1.44. The van der Waals surface area contributed by atoms with Gasteiger partial charge >= 0.3 is 5.97 Å². The van der Waals surface area contributed by atoms with Crippen LogP contribution in [0, 0.1) is 17.8 Å². The zero-order chi connectivity index (χ0) is 26.4. The molecular weight excluding hydrogens is 468 g/mol. The van der Waals surface area contributed by atoms with Crippen molar-refractivity contribution in [2.45, 2.75) is 102 Å². The highest BCUT2D eigenvalue weighted by molar-refractivity contribution is 5.82. The average molecular weight is 513 g/mol. The van der Waals surface area contributed by atoms with Crippen LogP contribution >= 0.6 is 0 Å². The molecule has 0 amide bonds. The van der Waals surface area contributed by atoms with Crippen LogP contribution in [-0.4, -0.2) is 59.4 Å². The fraction of sp³-hybridized carbons (Fsp3) is 0.645. The topological polar surface area (TPSA) is 85.2 Å². The molecule has 2 bridgehead atoms. The number of carbonyl (C=O) groups excluding carboxylic acids is 1. The molecule has 1 fully saturated rings. The summed E-state index contributed by atoms with van der Waals surface area (Å²) in [6.45, 7) is 9.10. The lowest BCUT2D eigenvalue weighted by Gasteiger charge is -2.28. The van der Waals surface area contributed by atoms with Gasteiger partial charge in [-0.15, -0.1) is 0 Å². The summed E-state index contributed by atoms with van der Waals surface area (Å²) in [5, 5.41) is 21.8. The summed E-state index contributed by atoms with van der Waals surface area (Å²) in [7, 11) is 0. The minimum Gasteiger partial charge on any atom is -0.456 e. The molecule has 37 heavy (non-hydrogen) atoms. The van der Waals surface area contributed by atoms with Crippen LogP contribution in [0.2, 0.25) is 0 Å². The molecule has 4 aliphatic rings. The molecule has 0 saturated heterocycles. The largest absolute Gasteiger partial charge is 0.456 e. The molecule has 9 atom stereocenters. The highest BCUT2D eigenvalue weighted by Crippen LogP contribution is 2.47. The fourth-order valence-electron chi connectivity index (χ4n) is 5.89. The first kappa shape index (κ1) is 28.0. The molecule has 0 unspecified atom stereocenters. The Morgan fingerprint density at radius 1 is 1.14 bits per heavy atom. The van der Waals surface area contributed by atoms with Gasteiger partial charge in [-0.1, -0.05) is 61.1 Å². The van der Waals surface area contributed by atoms with Crippen molar-refractivity contribution in [3.8, 4) is 0 Å². The van der Waals surface area contributed by atoms with Gasteiger partial charge in [-0.05, 0) is 76.0 Å². The highest BCUT2D eigenvalue weighted by Gasteiger charge is 2.44. The van der Waals surface area contributed by atoms with Gasteiger partial charge in [0.05, 0.1) is 31.0 Å². The van der Waals surface area contributed by atoms with Gasteiger partial charge in [0.1, 0.15) is 12.2 Å². The Hall–Kier alpha value is -1.99. The van der Waals surface area contributed by atoms with Crippen molar-refractivity contribution in [1.29, 1.82) is 0 Å². The second kappa shape index (κ2) is 13.2. The van der Waals surface area contributed by atoms with Gasteiger partial charge in [-0.2, -0.15) is 0 Å². The minimum absolute atomic E-state index is 0.0663. The molecule has 204 valence electrons. The average Bonchev–Trinajstić information content (AvgIpc) is 3.61. The van der Waals surface area contributed by atoms with E-state index in [1.54, 1.807) is 12.2 Å². The number of ether oxygens (including phenoxy) is 3. The molecule has 1 aliphatic carbocycles. The van der Waals surface area contributed by atoms with E-state index >= 15 is 0 Å². The maximum absolute atomic E-state index is 12.7. The van der Waals surface area contributed by atoms with Gasteiger partial charge in [0.15, 0.2) is 0 Å². The third-order valence-electron chi connectivity index (χ3n) is 7.98. The Bertz CT molecular complexity index is 917. The van der Waals surface area contributed by atoms with E-state index < -0.39 is 24.3 Å². The number of aliphatic hydroxyl groups excluding tert-OH is 2. The van der Waals surface area contributed by atoms with Crippen LogP contribution in [0.15, 0.2) is 60.3 Å². The number of hydrogen-bond acceptors (Lipinski definition) is 6. The van der Waals surface area contributed by atoms with Crippen LogP contribution in [0.5, 0.6) is 0 Å². The van der Waals surface area contributed by atoms with Crippen molar-refractivity contribution in [1.82, 2.24) is 0 Å². The van der Waals surface area contributed by atoms with Crippen molar-refractivity contribution in [3.05, 3.63) is 60.3 Å². The molecular formula is C31H44O6. The Morgan fingerprint density at radius 2 is 1.97 bits per heavy atom. The monoisotopic (exact) mass is 512 g/mol. The smallest absolute Gasteiger partial charge is 0.330 e. The molecule has 0 spiro atoms. The normalized spacial score (nSPS) is 39.6. The molecule has 6 heteroatoms. The summed E-state index contributed by atoms with van der Waals surface area (Å²) in [5.74, 6) is 0.302. The minimum atomic E-state index is -0.947. The van der Waals surface area contributed by atoms with E-state index in [-0.39, 0.29) is 30.1 Å². The predicted molar refractivity (Wildman–Crippen MR) is 144 cm³/mol. The van der Waals surface area contributed by atoms with Crippen LogP contribution in [0.1, 0.15) is 65.2 Å². The number of rotatable bonds is 3. The van der Waals surface area contributed by atoms with E-state index in [9.17, 15) is 15.0 Å². The van der Waals surface area contributed by atoms with Gasteiger partial charge in [0.25, 0.3) is 0 Å². The van der Waals surface area contributed by atoms with Crippen molar-refractivity contribution < 1.29 is 29.2 Å². The summed E-state index contributed by atoms with van der Waals surface area (Å²) >= 11 is 0. The SMILES string of the molecule is C=C1C[C@H](C)C[C@@H]2CC=C[C@@H](C/C=C\C(=O)O[C@H]([C@@H](O)/C=C/[C@@H]3CC(C)=CCO3)C[C@@H]3C[C@H]3[C@@H](O)C1)O2. The number of hydrogen-bond donors (Lipinski definition) is 2. The molecule has 1 saturated carbocycles. The Kier molecular flexibility index (Phi) is 9.99. The first-order valence-electron chi connectivity index (χ1n) is 13.9. The third-order valence-corrected chi connectivity index (χ3v) is 7.98. The van der Waals surface area contributed by atoms with E-state index in [1.165, 1.54) is 11.6 Å². The Labute approximate surface area is 221 Å². The van der Waals surface area contributed by atoms with Crippen molar-refractivity contribution >= 4 is 5.97 Å². The zero-order valence-corrected chi connectivity index (χ0v) is 22.3. The Morgan fingerprint density at radius 3 is 2.78 bits per heavy atom. The van der Waals surface area contributed by atoms with Gasteiger partial charge < -0.3 is 24.4 Å². The molecule has 2 N–H and O–H groups in total. The van der Waals surface area contributed by atoms with Gasteiger partial charge in [0, 0.05) is 6.08 Å². The van der Waals surface area contributed by atoms with E-state index in [0.717, 1.165) is 37.7 Å². The fourth-order valence-corrected chi connectivity index (χ4v) is 5.89. The highest BCUT2D eigenvalue weighted by atomic mass is 16.6. The molecule has 0 aromatic heterocycles. The van der Waals surface area contributed by atoms with Crippen LogP contribution < -0.4 is 0 Å². The molecule has 6 nitrogen and oxygen atoms in total. The lowest BCUT2D eigenvalue weighted by atomic mass is 9.90. The van der Waals surface area contributed by atoms with Crippen LogP contribution in [0.25, 0.3) is 0 Å². The number of cyclic esters (lactones) is 1. The summed E-state index contributed by atoms with van der Waals surface area (Å²) < 4.78 is 17.7. The summed E-state index contributed by atoms with van der Waals surface area (Å²) in [5.41, 5.74) is 2.33. The van der Waals surface area contributed by atoms with Crippen LogP contribution in [-0.2, 0) is 19.0 Å². The number of carbonyl (C=O) groups is 1. The standard InChI is InChI=1S/C31H44O6/c1-20-12-13-35-25(15-20)10-11-28(32)30-19-23-18-27(23)29(33)17-22(3)14-21(2)16-26-8-4-6-24(36-26)7-5-9-31(34)37-30/h4-6,9-12,21,23-30,32-33H,3,7-8,13-19H2,1-2H3/b9-5-,11-10+/t21-,23-,24-,25+,26-,27+,28-,29-,30-/m0/s1. The second-order valence-corrected chi connectivity index (χ2v) is 11.5. The van der Waals surface area contributed by atoms with Crippen molar-refractivity contribution in [3.63, 3.8) is 0 Å². The summed E-state index contributed by atoms with van der Waals surface area (Å²) in [6.07, 6.45) is 17.0. The van der Waals surface area contributed by atoms with E-state index in [0.29, 0.717) is 31.8 Å². The number of aliphatic hydroxyl groups is 2. The van der Waals surface area contributed by atoms with Gasteiger partial charge in [-0.25, -0.2) is 4.79 Å². The van der Waals surface area contributed by atoms with E-state index in [4.69, 9.17) is 14.2 Å². The summed E-state index contributed by atoms with van der Waals surface area (Å²) in [4.78, 5) is 12.7. The molecule has 4 rings (SSSR count). The third kappa shape index (κ3) is 8.78. The summed E-state index contributed by atoms with van der Waals surface area (Å²) in [6, 6.07) is 0. The second-order valence-electron chi connectivity index (χ2n) is 11.5. The van der Waals surface area contributed by atoms with Gasteiger partial charge in [0.2, 0.25) is 0 Å². The first-order chi connectivity index (χ1) is 17.8. The number of esters is 1. The van der Waals surface area contributed by atoms with Crippen molar-refractivity contribution in [2.24, 2.45) is 17.8 Å². The molecule has 3 heterocycles. The maximum Gasteiger partial charge on any atom is 0.330 e. The quantitative estimate of drug-likeness (QED) is 0.410. The predicted octanol–water partition coefficient (Wildman–Crippen LogP) is 4.97. The van der Waals surface area contributed by atoms with Crippen molar-refractivity contribution in [2.75, 3.05) is 6.61 Å².